The average molecular weight is 362 g/mol. The minimum Gasteiger partial charge on any atom is -0.361 e. The first-order chi connectivity index (χ1) is 11.9. The summed E-state index contributed by atoms with van der Waals surface area (Å²) in [6, 6.07) is 5.75. The molecule has 0 aliphatic carbocycles. The Bertz CT molecular complexity index is 784. The highest BCUT2D eigenvalue weighted by Crippen LogP contribution is 2.24. The number of nitrogens with one attached hydrogen (secondary N) is 2. The Morgan fingerprint density at radius 1 is 1.44 bits per heavy atom. The van der Waals surface area contributed by atoms with E-state index in [1.807, 2.05) is 24.4 Å². The number of aromatic nitrogens is 1. The van der Waals surface area contributed by atoms with E-state index in [0.29, 0.717) is 37.0 Å². The van der Waals surface area contributed by atoms with Gasteiger partial charge in [-0.15, -0.1) is 0 Å². The topological polar surface area (TPSA) is 65.2 Å². The second kappa shape index (κ2) is 7.48. The van der Waals surface area contributed by atoms with Crippen LogP contribution >= 0.6 is 11.6 Å². The molecule has 2 aromatic rings. The molecule has 134 valence electrons. The lowest BCUT2D eigenvalue weighted by Crippen LogP contribution is -2.35. The lowest BCUT2D eigenvalue weighted by molar-refractivity contribution is -0.129. The van der Waals surface area contributed by atoms with Crippen molar-refractivity contribution >= 4 is 34.3 Å². The van der Waals surface area contributed by atoms with Crippen LogP contribution in [0.5, 0.6) is 0 Å². The molecule has 0 bridgehead atoms. The first-order valence-electron chi connectivity index (χ1n) is 8.75. The summed E-state index contributed by atoms with van der Waals surface area (Å²) >= 11 is 6.08. The van der Waals surface area contributed by atoms with Gasteiger partial charge in [0, 0.05) is 48.2 Å². The Kier molecular flexibility index (Phi) is 5.33. The van der Waals surface area contributed by atoms with Crippen LogP contribution in [0, 0.1) is 11.8 Å². The van der Waals surface area contributed by atoms with Gasteiger partial charge in [0.15, 0.2) is 0 Å². The number of rotatable bonds is 6. The first-order valence-corrected chi connectivity index (χ1v) is 9.13. The summed E-state index contributed by atoms with van der Waals surface area (Å²) in [6.45, 7) is 5.89. The molecule has 25 heavy (non-hydrogen) atoms. The van der Waals surface area contributed by atoms with E-state index in [1.165, 1.54) is 0 Å². The molecule has 2 amide bonds. The molecular formula is C19H24ClN3O2. The van der Waals surface area contributed by atoms with E-state index < -0.39 is 0 Å². The van der Waals surface area contributed by atoms with E-state index in [9.17, 15) is 9.59 Å². The summed E-state index contributed by atoms with van der Waals surface area (Å²) in [5.41, 5.74) is 2.18. The van der Waals surface area contributed by atoms with Crippen molar-refractivity contribution in [3.05, 3.63) is 35.0 Å². The summed E-state index contributed by atoms with van der Waals surface area (Å²) in [4.78, 5) is 29.4. The highest BCUT2D eigenvalue weighted by molar-refractivity contribution is 6.31. The SMILES string of the molecule is CC(C)CNC(=O)C1CC(=O)N(CCc2c[nH]c3ccc(Cl)cc23)C1. The van der Waals surface area contributed by atoms with Gasteiger partial charge in [-0.2, -0.15) is 0 Å². The third-order valence-corrected chi connectivity index (χ3v) is 4.89. The maximum absolute atomic E-state index is 12.2. The van der Waals surface area contributed by atoms with Crippen molar-refractivity contribution in [1.29, 1.82) is 0 Å². The molecule has 1 aliphatic heterocycles. The minimum atomic E-state index is -0.233. The monoisotopic (exact) mass is 361 g/mol. The molecule has 1 fully saturated rings. The second-order valence-corrected chi connectivity index (χ2v) is 7.57. The Morgan fingerprint density at radius 3 is 3.00 bits per heavy atom. The lowest BCUT2D eigenvalue weighted by Gasteiger charge is -2.16. The summed E-state index contributed by atoms with van der Waals surface area (Å²) in [6.07, 6.45) is 3.02. The van der Waals surface area contributed by atoms with Gasteiger partial charge in [-0.1, -0.05) is 25.4 Å². The number of aromatic amines is 1. The van der Waals surface area contributed by atoms with Crippen LogP contribution in [-0.2, 0) is 16.0 Å². The fraction of sp³-hybridized carbons (Fsp3) is 0.474. The molecule has 5 nitrogen and oxygen atoms in total. The van der Waals surface area contributed by atoms with Crippen molar-refractivity contribution < 1.29 is 9.59 Å². The zero-order chi connectivity index (χ0) is 18.0. The molecule has 0 spiro atoms. The van der Waals surface area contributed by atoms with Gasteiger partial charge in [0.1, 0.15) is 0 Å². The van der Waals surface area contributed by atoms with E-state index in [0.717, 1.165) is 22.9 Å². The summed E-state index contributed by atoms with van der Waals surface area (Å²) in [5, 5.41) is 4.72. The number of H-pyrrole nitrogens is 1. The number of benzene rings is 1. The number of halogens is 1. The van der Waals surface area contributed by atoms with Crippen molar-refractivity contribution in [2.24, 2.45) is 11.8 Å². The van der Waals surface area contributed by atoms with Gasteiger partial charge >= 0.3 is 0 Å². The molecule has 1 aromatic heterocycles. The quantitative estimate of drug-likeness (QED) is 0.830. The average Bonchev–Trinajstić information content (AvgIpc) is 3.14. The fourth-order valence-corrected chi connectivity index (χ4v) is 3.40. The minimum absolute atomic E-state index is 0.0107. The molecule has 1 aromatic carbocycles. The Balaban J connectivity index is 1.59. The molecule has 1 atom stereocenters. The van der Waals surface area contributed by atoms with Gasteiger partial charge in [0.2, 0.25) is 11.8 Å². The molecule has 1 aliphatic rings. The van der Waals surface area contributed by atoms with Gasteiger partial charge in [-0.3, -0.25) is 9.59 Å². The Labute approximate surface area is 152 Å². The molecule has 2 heterocycles. The molecule has 0 radical (unpaired) electrons. The van der Waals surface area contributed by atoms with Crippen molar-refractivity contribution in [1.82, 2.24) is 15.2 Å². The number of carbonyl (C=O) groups is 2. The highest BCUT2D eigenvalue weighted by Gasteiger charge is 2.33. The molecular weight excluding hydrogens is 338 g/mol. The predicted molar refractivity (Wildman–Crippen MR) is 99.5 cm³/mol. The molecule has 2 N–H and O–H groups in total. The normalized spacial score (nSPS) is 17.7. The van der Waals surface area contributed by atoms with Crippen molar-refractivity contribution in [2.45, 2.75) is 26.7 Å². The predicted octanol–water partition coefficient (Wildman–Crippen LogP) is 2.98. The third-order valence-electron chi connectivity index (χ3n) is 4.65. The zero-order valence-corrected chi connectivity index (χ0v) is 15.4. The van der Waals surface area contributed by atoms with Crippen LogP contribution in [0.3, 0.4) is 0 Å². The second-order valence-electron chi connectivity index (χ2n) is 7.13. The van der Waals surface area contributed by atoms with E-state index in [4.69, 9.17) is 11.6 Å². The van der Waals surface area contributed by atoms with Crippen molar-refractivity contribution in [3.63, 3.8) is 0 Å². The smallest absolute Gasteiger partial charge is 0.225 e. The van der Waals surface area contributed by atoms with Crippen LogP contribution in [0.4, 0.5) is 0 Å². The maximum atomic E-state index is 12.2. The summed E-state index contributed by atoms with van der Waals surface area (Å²) < 4.78 is 0. The van der Waals surface area contributed by atoms with Gasteiger partial charge in [-0.25, -0.2) is 0 Å². The molecule has 0 saturated carbocycles. The van der Waals surface area contributed by atoms with Gasteiger partial charge < -0.3 is 15.2 Å². The Morgan fingerprint density at radius 2 is 2.24 bits per heavy atom. The third kappa shape index (κ3) is 4.15. The van der Waals surface area contributed by atoms with Crippen LogP contribution in [0.25, 0.3) is 10.9 Å². The van der Waals surface area contributed by atoms with E-state index in [-0.39, 0.29) is 17.7 Å². The number of amides is 2. The van der Waals surface area contributed by atoms with Crippen LogP contribution in [-0.4, -0.2) is 41.3 Å². The maximum Gasteiger partial charge on any atom is 0.225 e. The van der Waals surface area contributed by atoms with E-state index >= 15 is 0 Å². The van der Waals surface area contributed by atoms with Crippen LogP contribution in [0.15, 0.2) is 24.4 Å². The van der Waals surface area contributed by atoms with Gasteiger partial charge in [0.05, 0.1) is 5.92 Å². The largest absolute Gasteiger partial charge is 0.361 e. The van der Waals surface area contributed by atoms with Crippen LogP contribution in [0.1, 0.15) is 25.8 Å². The van der Waals surface area contributed by atoms with Crippen molar-refractivity contribution in [3.8, 4) is 0 Å². The fourth-order valence-electron chi connectivity index (χ4n) is 3.23. The summed E-state index contributed by atoms with van der Waals surface area (Å²) in [5.74, 6) is 0.223. The number of carbonyl (C=O) groups excluding carboxylic acids is 2. The number of likely N-dealkylation sites (tertiary alicyclic amines) is 1. The van der Waals surface area contributed by atoms with Gasteiger partial charge in [-0.05, 0) is 36.1 Å². The number of fused-ring (bicyclic) bond motifs is 1. The first kappa shape index (κ1) is 17.8. The van der Waals surface area contributed by atoms with Crippen LogP contribution in [0.2, 0.25) is 5.02 Å². The highest BCUT2D eigenvalue weighted by atomic mass is 35.5. The molecule has 6 heteroatoms. The molecule has 1 saturated heterocycles. The Hall–Kier alpha value is -2.01. The summed E-state index contributed by atoms with van der Waals surface area (Å²) in [7, 11) is 0. The van der Waals surface area contributed by atoms with Gasteiger partial charge in [0.25, 0.3) is 0 Å². The van der Waals surface area contributed by atoms with E-state index in [1.54, 1.807) is 4.90 Å². The van der Waals surface area contributed by atoms with Crippen molar-refractivity contribution in [2.75, 3.05) is 19.6 Å². The zero-order valence-electron chi connectivity index (χ0n) is 14.6. The van der Waals surface area contributed by atoms with E-state index in [2.05, 4.69) is 24.1 Å². The number of hydrogen-bond donors (Lipinski definition) is 2. The molecule has 1 unspecified atom stereocenters. The molecule has 3 rings (SSSR count). The number of nitrogens with zero attached hydrogens (tertiary/aromatic N) is 1. The number of hydrogen-bond acceptors (Lipinski definition) is 2. The van der Waals surface area contributed by atoms with Crippen LogP contribution < -0.4 is 5.32 Å². The lowest BCUT2D eigenvalue weighted by atomic mass is 10.1. The standard InChI is InChI=1S/C19H24ClN3O2/c1-12(2)9-22-19(25)14-7-18(24)23(11-14)6-5-13-10-21-17-4-3-15(20)8-16(13)17/h3-4,8,10,12,14,21H,5-7,9,11H2,1-2H3,(H,22,25).